The van der Waals surface area contributed by atoms with Gasteiger partial charge in [-0.1, -0.05) is 17.7 Å². The Bertz CT molecular complexity index is 958. The molecule has 86 valence electrons. The van der Waals surface area contributed by atoms with Crippen LogP contribution in [0.3, 0.4) is 0 Å². The summed E-state index contributed by atoms with van der Waals surface area (Å²) in [5.74, 6) is 0. The monoisotopic (exact) mass is 254 g/mol. The first-order valence-electron chi connectivity index (χ1n) is 5.57. The molecule has 0 saturated carbocycles. The molecule has 0 N–H and O–H groups in total. The lowest BCUT2D eigenvalue weighted by Gasteiger charge is -1.98. The lowest BCUT2D eigenvalue weighted by molar-refractivity contribution is 1.17. The van der Waals surface area contributed by atoms with Crippen LogP contribution < -0.4 is 5.56 Å². The van der Waals surface area contributed by atoms with E-state index in [-0.39, 0.29) is 5.56 Å². The number of aromatic nitrogens is 2. The molecular formula is C14H7ClN2O. The molecule has 3 aromatic heterocycles. The Labute approximate surface area is 107 Å². The van der Waals surface area contributed by atoms with Crippen LogP contribution in [0.2, 0.25) is 5.02 Å². The summed E-state index contributed by atoms with van der Waals surface area (Å²) in [6.45, 7) is 0. The molecule has 4 aromatic rings. The van der Waals surface area contributed by atoms with Gasteiger partial charge in [-0.3, -0.25) is 14.2 Å². The second-order valence-electron chi connectivity index (χ2n) is 4.26. The molecule has 0 aliphatic heterocycles. The summed E-state index contributed by atoms with van der Waals surface area (Å²) in [6, 6.07) is 10.8. The second-order valence-corrected chi connectivity index (χ2v) is 4.70. The van der Waals surface area contributed by atoms with Crippen LogP contribution in [0.25, 0.3) is 27.3 Å². The maximum atomic E-state index is 12.1. The van der Waals surface area contributed by atoms with Crippen LogP contribution in [-0.2, 0) is 0 Å². The van der Waals surface area contributed by atoms with Gasteiger partial charge in [0.2, 0.25) is 0 Å². The third-order valence-corrected chi connectivity index (χ3v) is 3.51. The van der Waals surface area contributed by atoms with E-state index < -0.39 is 0 Å². The molecule has 4 heteroatoms. The van der Waals surface area contributed by atoms with Crippen molar-refractivity contribution < 1.29 is 0 Å². The van der Waals surface area contributed by atoms with Crippen LogP contribution >= 0.6 is 11.6 Å². The molecule has 0 atom stereocenters. The molecule has 0 bridgehead atoms. The van der Waals surface area contributed by atoms with Gasteiger partial charge in [-0.2, -0.15) is 0 Å². The molecule has 0 spiro atoms. The van der Waals surface area contributed by atoms with Crippen molar-refractivity contribution >= 4 is 38.9 Å². The molecule has 1 aromatic carbocycles. The van der Waals surface area contributed by atoms with E-state index in [2.05, 4.69) is 4.98 Å². The van der Waals surface area contributed by atoms with Crippen LogP contribution in [0.4, 0.5) is 0 Å². The molecule has 0 radical (unpaired) electrons. The van der Waals surface area contributed by atoms with Crippen LogP contribution in [0, 0.1) is 0 Å². The Morgan fingerprint density at radius 3 is 2.83 bits per heavy atom. The van der Waals surface area contributed by atoms with E-state index in [1.54, 1.807) is 16.7 Å². The first kappa shape index (κ1) is 9.85. The molecule has 0 amide bonds. The van der Waals surface area contributed by atoms with Gasteiger partial charge in [-0.05, 0) is 24.3 Å². The summed E-state index contributed by atoms with van der Waals surface area (Å²) in [7, 11) is 0. The zero-order valence-corrected chi connectivity index (χ0v) is 9.98. The minimum absolute atomic E-state index is 0.0576. The fraction of sp³-hybridized carbons (Fsp3) is 0. The highest BCUT2D eigenvalue weighted by atomic mass is 35.5. The Hall–Kier alpha value is -2.13. The van der Waals surface area contributed by atoms with Crippen molar-refractivity contribution in [2.24, 2.45) is 0 Å². The van der Waals surface area contributed by atoms with Gasteiger partial charge in [0, 0.05) is 28.1 Å². The Balaban J connectivity index is 2.51. The molecule has 0 aliphatic carbocycles. The molecule has 0 saturated heterocycles. The number of nitrogens with zero attached hydrogens (tertiary/aromatic N) is 2. The molecule has 0 unspecified atom stereocenters. The highest BCUT2D eigenvalue weighted by Gasteiger charge is 2.13. The smallest absolute Gasteiger partial charge is 0.255 e. The van der Waals surface area contributed by atoms with Crippen molar-refractivity contribution in [2.75, 3.05) is 0 Å². The fourth-order valence-corrected chi connectivity index (χ4v) is 2.70. The number of rotatable bonds is 0. The SMILES string of the molecule is O=c1ccc2nccc3c4ccc(Cl)cc4n1c23. The first-order valence-corrected chi connectivity index (χ1v) is 5.94. The van der Waals surface area contributed by atoms with Gasteiger partial charge in [-0.15, -0.1) is 0 Å². The predicted molar refractivity (Wildman–Crippen MR) is 72.7 cm³/mol. The number of fused-ring (bicyclic) bond motifs is 3. The summed E-state index contributed by atoms with van der Waals surface area (Å²) in [4.78, 5) is 16.4. The fourth-order valence-electron chi connectivity index (χ4n) is 2.54. The van der Waals surface area contributed by atoms with Crippen LogP contribution in [0.5, 0.6) is 0 Å². The van der Waals surface area contributed by atoms with E-state index in [0.29, 0.717) is 5.02 Å². The highest BCUT2D eigenvalue weighted by molar-refractivity contribution is 6.31. The summed E-state index contributed by atoms with van der Waals surface area (Å²) in [6.07, 6.45) is 1.76. The zero-order chi connectivity index (χ0) is 12.3. The number of hydrogen-bond acceptors (Lipinski definition) is 2. The van der Waals surface area contributed by atoms with Gasteiger partial charge >= 0.3 is 0 Å². The first-order chi connectivity index (χ1) is 8.75. The second kappa shape index (κ2) is 3.21. The Morgan fingerprint density at radius 2 is 1.94 bits per heavy atom. The highest BCUT2D eigenvalue weighted by Crippen LogP contribution is 2.30. The number of benzene rings is 1. The normalized spacial score (nSPS) is 11.8. The molecule has 18 heavy (non-hydrogen) atoms. The standard InChI is InChI=1S/C14H7ClN2O/c15-8-1-2-9-10-5-6-16-11-3-4-13(18)17(14(10)11)12(9)7-8/h1-7H. The maximum Gasteiger partial charge on any atom is 0.255 e. The van der Waals surface area contributed by atoms with E-state index in [4.69, 9.17) is 11.6 Å². The average molecular weight is 255 g/mol. The Morgan fingerprint density at radius 1 is 1.06 bits per heavy atom. The number of hydrogen-bond donors (Lipinski definition) is 0. The lowest BCUT2D eigenvalue weighted by atomic mass is 10.2. The summed E-state index contributed by atoms with van der Waals surface area (Å²) < 4.78 is 1.68. The molecule has 3 heterocycles. The van der Waals surface area contributed by atoms with Gasteiger partial charge in [0.15, 0.2) is 0 Å². The predicted octanol–water partition coefficient (Wildman–Crippen LogP) is 3.09. The van der Waals surface area contributed by atoms with Crippen molar-refractivity contribution in [3.8, 4) is 0 Å². The van der Waals surface area contributed by atoms with Crippen molar-refractivity contribution in [2.45, 2.75) is 0 Å². The molecule has 0 aliphatic rings. The van der Waals surface area contributed by atoms with Gasteiger partial charge in [0.25, 0.3) is 5.56 Å². The van der Waals surface area contributed by atoms with E-state index in [1.165, 1.54) is 6.07 Å². The summed E-state index contributed by atoms with van der Waals surface area (Å²) >= 11 is 6.02. The van der Waals surface area contributed by atoms with Crippen LogP contribution in [0.15, 0.2) is 47.4 Å². The van der Waals surface area contributed by atoms with Crippen LogP contribution in [0.1, 0.15) is 0 Å². The molecule has 3 nitrogen and oxygen atoms in total. The van der Waals surface area contributed by atoms with E-state index in [1.807, 2.05) is 24.3 Å². The van der Waals surface area contributed by atoms with Crippen molar-refractivity contribution in [3.05, 3.63) is 58.0 Å². The third kappa shape index (κ3) is 1.09. The largest absolute Gasteiger partial charge is 0.274 e. The summed E-state index contributed by atoms with van der Waals surface area (Å²) in [5, 5.41) is 2.68. The molecule has 0 fully saturated rings. The summed E-state index contributed by atoms with van der Waals surface area (Å²) in [5.41, 5.74) is 2.46. The number of pyridine rings is 2. The van der Waals surface area contributed by atoms with Crippen molar-refractivity contribution in [1.82, 2.24) is 9.38 Å². The van der Waals surface area contributed by atoms with Gasteiger partial charge in [0.05, 0.1) is 16.6 Å². The molecule has 4 rings (SSSR count). The average Bonchev–Trinajstić information content (AvgIpc) is 2.70. The zero-order valence-electron chi connectivity index (χ0n) is 9.22. The lowest BCUT2D eigenvalue weighted by Crippen LogP contribution is -2.10. The quantitative estimate of drug-likeness (QED) is 0.483. The molecular weight excluding hydrogens is 248 g/mol. The minimum Gasteiger partial charge on any atom is -0.274 e. The van der Waals surface area contributed by atoms with Gasteiger partial charge in [-0.25, -0.2) is 0 Å². The van der Waals surface area contributed by atoms with Gasteiger partial charge < -0.3 is 0 Å². The maximum absolute atomic E-state index is 12.1. The minimum atomic E-state index is -0.0576. The van der Waals surface area contributed by atoms with E-state index >= 15 is 0 Å². The van der Waals surface area contributed by atoms with Crippen LogP contribution in [-0.4, -0.2) is 9.38 Å². The van der Waals surface area contributed by atoms with E-state index in [0.717, 1.165) is 27.3 Å². The van der Waals surface area contributed by atoms with Crippen molar-refractivity contribution in [3.63, 3.8) is 0 Å². The van der Waals surface area contributed by atoms with Gasteiger partial charge in [0.1, 0.15) is 0 Å². The third-order valence-electron chi connectivity index (χ3n) is 3.27. The van der Waals surface area contributed by atoms with E-state index in [9.17, 15) is 4.79 Å². The Kier molecular flexibility index (Phi) is 1.76. The van der Waals surface area contributed by atoms with Crippen molar-refractivity contribution in [1.29, 1.82) is 0 Å². The topological polar surface area (TPSA) is 34.4 Å². The number of halogens is 1.